The van der Waals surface area contributed by atoms with Gasteiger partial charge in [-0.2, -0.15) is 0 Å². The standard InChI is InChI=1S/C12H15N7O3S/c1-17-9(13)8(10(21)18(2)12(17)22)7(20)5-23-11-14-15-16-19(11)6-3-4-6/h6H,3-5,13H2,1-2H3. The van der Waals surface area contributed by atoms with Crippen LogP contribution in [-0.2, 0) is 14.1 Å². The molecule has 0 spiro atoms. The molecule has 2 N–H and O–H groups in total. The van der Waals surface area contributed by atoms with Crippen molar-refractivity contribution in [2.45, 2.75) is 24.0 Å². The van der Waals surface area contributed by atoms with Crippen molar-refractivity contribution in [1.82, 2.24) is 29.3 Å². The fourth-order valence-corrected chi connectivity index (χ4v) is 2.97. The Hall–Kier alpha value is -2.43. The maximum atomic E-state index is 12.4. The molecule has 0 unspecified atom stereocenters. The van der Waals surface area contributed by atoms with Gasteiger partial charge in [-0.05, 0) is 23.3 Å². The van der Waals surface area contributed by atoms with E-state index in [4.69, 9.17) is 5.73 Å². The minimum absolute atomic E-state index is 0.0370. The van der Waals surface area contributed by atoms with E-state index in [-0.39, 0.29) is 23.2 Å². The summed E-state index contributed by atoms with van der Waals surface area (Å²) < 4.78 is 3.62. The largest absolute Gasteiger partial charge is 0.384 e. The zero-order chi connectivity index (χ0) is 16.7. The molecule has 0 amide bonds. The second kappa shape index (κ2) is 5.65. The first kappa shape index (κ1) is 15.5. The van der Waals surface area contributed by atoms with Crippen LogP contribution in [-0.4, -0.2) is 40.9 Å². The van der Waals surface area contributed by atoms with Gasteiger partial charge in [-0.1, -0.05) is 11.8 Å². The smallest absolute Gasteiger partial charge is 0.332 e. The molecule has 0 saturated heterocycles. The molecule has 1 aliphatic carbocycles. The molecule has 11 heteroatoms. The van der Waals surface area contributed by atoms with Gasteiger partial charge in [-0.25, -0.2) is 9.48 Å². The van der Waals surface area contributed by atoms with Gasteiger partial charge in [0.25, 0.3) is 5.56 Å². The molecule has 23 heavy (non-hydrogen) atoms. The van der Waals surface area contributed by atoms with Crippen molar-refractivity contribution < 1.29 is 4.79 Å². The number of nitrogens with two attached hydrogens (primary N) is 1. The van der Waals surface area contributed by atoms with E-state index < -0.39 is 17.0 Å². The maximum Gasteiger partial charge on any atom is 0.332 e. The van der Waals surface area contributed by atoms with E-state index >= 15 is 0 Å². The zero-order valence-corrected chi connectivity index (χ0v) is 13.4. The first-order valence-corrected chi connectivity index (χ1v) is 7.89. The van der Waals surface area contributed by atoms with Crippen LogP contribution in [0.3, 0.4) is 0 Å². The van der Waals surface area contributed by atoms with Crippen LogP contribution < -0.4 is 17.0 Å². The Morgan fingerprint density at radius 2 is 2.00 bits per heavy atom. The Bertz CT molecular complexity index is 893. The molecular weight excluding hydrogens is 322 g/mol. The van der Waals surface area contributed by atoms with E-state index in [1.54, 1.807) is 4.68 Å². The Labute approximate surface area is 134 Å². The third-order valence-electron chi connectivity index (χ3n) is 3.68. The number of tetrazole rings is 1. The van der Waals surface area contributed by atoms with Crippen LogP contribution in [0.2, 0.25) is 0 Å². The number of nitrogens with zero attached hydrogens (tertiary/aromatic N) is 6. The second-order valence-corrected chi connectivity index (χ2v) is 6.26. The molecule has 1 aliphatic rings. The number of ketones is 1. The molecular formula is C12H15N7O3S. The number of carbonyl (C=O) groups excluding carboxylic acids is 1. The first-order chi connectivity index (χ1) is 10.9. The molecule has 1 fully saturated rings. The van der Waals surface area contributed by atoms with Crippen molar-refractivity contribution in [2.75, 3.05) is 11.5 Å². The fraction of sp³-hybridized carbons (Fsp3) is 0.500. The van der Waals surface area contributed by atoms with Crippen LogP contribution in [0.5, 0.6) is 0 Å². The molecule has 0 bridgehead atoms. The molecule has 2 aromatic rings. The summed E-state index contributed by atoms with van der Waals surface area (Å²) in [4.78, 5) is 36.3. The van der Waals surface area contributed by atoms with Crippen molar-refractivity contribution in [2.24, 2.45) is 14.1 Å². The predicted octanol–water partition coefficient (Wildman–Crippen LogP) is -1.04. The van der Waals surface area contributed by atoms with Gasteiger partial charge in [0.15, 0.2) is 5.78 Å². The Morgan fingerprint density at radius 1 is 1.30 bits per heavy atom. The Morgan fingerprint density at radius 3 is 2.65 bits per heavy atom. The molecule has 3 rings (SSSR count). The number of rotatable bonds is 5. The number of thioether (sulfide) groups is 1. The summed E-state index contributed by atoms with van der Waals surface area (Å²) in [5.74, 6) is -0.635. The van der Waals surface area contributed by atoms with Crippen LogP contribution in [0.1, 0.15) is 29.2 Å². The van der Waals surface area contributed by atoms with Crippen LogP contribution >= 0.6 is 11.8 Å². The topological polar surface area (TPSA) is 131 Å². The summed E-state index contributed by atoms with van der Waals surface area (Å²) >= 11 is 1.14. The Balaban J connectivity index is 1.85. The number of nitrogen functional groups attached to an aromatic ring is 1. The fourth-order valence-electron chi connectivity index (χ4n) is 2.15. The van der Waals surface area contributed by atoms with Gasteiger partial charge in [0.1, 0.15) is 11.4 Å². The van der Waals surface area contributed by atoms with Gasteiger partial charge in [0.05, 0.1) is 11.8 Å². The lowest BCUT2D eigenvalue weighted by molar-refractivity contribution is 0.102. The van der Waals surface area contributed by atoms with E-state index in [1.165, 1.54) is 14.1 Å². The molecule has 0 aromatic carbocycles. The van der Waals surface area contributed by atoms with Gasteiger partial charge in [0.2, 0.25) is 5.16 Å². The highest BCUT2D eigenvalue weighted by molar-refractivity contribution is 7.99. The normalized spacial score (nSPS) is 14.2. The number of aromatic nitrogens is 6. The zero-order valence-electron chi connectivity index (χ0n) is 12.6. The highest BCUT2D eigenvalue weighted by atomic mass is 32.2. The molecule has 122 valence electrons. The van der Waals surface area contributed by atoms with Crippen LogP contribution in [0.4, 0.5) is 5.82 Å². The van der Waals surface area contributed by atoms with Gasteiger partial charge in [-0.15, -0.1) is 5.10 Å². The van der Waals surface area contributed by atoms with E-state index in [0.29, 0.717) is 5.16 Å². The monoisotopic (exact) mass is 337 g/mol. The van der Waals surface area contributed by atoms with E-state index in [0.717, 1.165) is 33.7 Å². The molecule has 0 radical (unpaired) electrons. The number of hydrogen-bond acceptors (Lipinski definition) is 8. The summed E-state index contributed by atoms with van der Waals surface area (Å²) in [5.41, 5.74) is 4.31. The van der Waals surface area contributed by atoms with Crippen LogP contribution in [0, 0.1) is 0 Å². The van der Waals surface area contributed by atoms with E-state index in [2.05, 4.69) is 15.5 Å². The lowest BCUT2D eigenvalue weighted by atomic mass is 10.2. The number of Topliss-reactive ketones (excluding diaryl/α,β-unsaturated/α-hetero) is 1. The van der Waals surface area contributed by atoms with E-state index in [9.17, 15) is 14.4 Å². The minimum atomic E-state index is -0.696. The van der Waals surface area contributed by atoms with Gasteiger partial charge in [-0.3, -0.25) is 18.7 Å². The van der Waals surface area contributed by atoms with Crippen molar-refractivity contribution in [1.29, 1.82) is 0 Å². The third kappa shape index (κ3) is 2.67. The molecule has 2 heterocycles. The Kier molecular flexibility index (Phi) is 3.80. The molecule has 0 aliphatic heterocycles. The number of anilines is 1. The third-order valence-corrected chi connectivity index (χ3v) is 4.61. The molecule has 2 aromatic heterocycles. The summed E-state index contributed by atoms with van der Waals surface area (Å²) in [5, 5.41) is 11.9. The van der Waals surface area contributed by atoms with Crippen molar-refractivity contribution in [3.8, 4) is 0 Å². The first-order valence-electron chi connectivity index (χ1n) is 6.91. The average Bonchev–Trinajstić information content (AvgIpc) is 3.27. The van der Waals surface area contributed by atoms with Crippen LogP contribution in [0.15, 0.2) is 14.7 Å². The lowest BCUT2D eigenvalue weighted by Gasteiger charge is -2.10. The van der Waals surface area contributed by atoms with Gasteiger partial charge >= 0.3 is 5.69 Å². The highest BCUT2D eigenvalue weighted by Crippen LogP contribution is 2.36. The summed E-state index contributed by atoms with van der Waals surface area (Å²) in [7, 11) is 2.72. The molecule has 10 nitrogen and oxygen atoms in total. The minimum Gasteiger partial charge on any atom is -0.384 e. The van der Waals surface area contributed by atoms with Crippen molar-refractivity contribution in [3.05, 3.63) is 26.4 Å². The van der Waals surface area contributed by atoms with E-state index in [1.807, 2.05) is 0 Å². The summed E-state index contributed by atoms with van der Waals surface area (Å²) in [6.45, 7) is 0. The molecule has 1 saturated carbocycles. The SMILES string of the molecule is Cn1c(N)c(C(=O)CSc2nnnn2C2CC2)c(=O)n(C)c1=O. The van der Waals surface area contributed by atoms with Gasteiger partial charge in [0, 0.05) is 14.1 Å². The highest BCUT2D eigenvalue weighted by Gasteiger charge is 2.28. The van der Waals surface area contributed by atoms with Crippen molar-refractivity contribution in [3.63, 3.8) is 0 Å². The van der Waals surface area contributed by atoms with Crippen LogP contribution in [0.25, 0.3) is 0 Å². The molecule has 0 atom stereocenters. The van der Waals surface area contributed by atoms with Crippen molar-refractivity contribution >= 4 is 23.4 Å². The maximum absolute atomic E-state index is 12.4. The number of carbonyl (C=O) groups is 1. The summed E-state index contributed by atoms with van der Waals surface area (Å²) in [6.07, 6.45) is 2.03. The number of hydrogen-bond donors (Lipinski definition) is 1. The summed E-state index contributed by atoms with van der Waals surface area (Å²) in [6, 6.07) is 0.290. The van der Waals surface area contributed by atoms with Gasteiger partial charge < -0.3 is 5.73 Å². The lowest BCUT2D eigenvalue weighted by Crippen LogP contribution is -2.41. The average molecular weight is 337 g/mol. The predicted molar refractivity (Wildman–Crippen MR) is 82.5 cm³/mol. The quantitative estimate of drug-likeness (QED) is 0.541. The second-order valence-electron chi connectivity index (χ2n) is 5.32.